The molecule has 0 aliphatic heterocycles. The van der Waals surface area contributed by atoms with Crippen LogP contribution >= 0.6 is 23.2 Å². The van der Waals surface area contributed by atoms with Crippen LogP contribution in [-0.2, 0) is 9.59 Å². The summed E-state index contributed by atoms with van der Waals surface area (Å²) in [6, 6.07) is 3.93. The van der Waals surface area contributed by atoms with Gasteiger partial charge in [-0.2, -0.15) is 0 Å². The van der Waals surface area contributed by atoms with Crippen LogP contribution < -0.4 is 10.6 Å². The lowest BCUT2D eigenvalue weighted by Crippen LogP contribution is -2.34. The van der Waals surface area contributed by atoms with Crippen LogP contribution in [0.3, 0.4) is 0 Å². The van der Waals surface area contributed by atoms with Gasteiger partial charge in [0.25, 0.3) is 0 Å². The quantitative estimate of drug-likeness (QED) is 0.777. The number of carbonyl (C=O) groups is 3. The summed E-state index contributed by atoms with van der Waals surface area (Å²) < 4.78 is 0. The number of urea groups is 1. The van der Waals surface area contributed by atoms with Crippen molar-refractivity contribution < 1.29 is 19.5 Å². The second kappa shape index (κ2) is 7.72. The van der Waals surface area contributed by atoms with Crippen molar-refractivity contribution in [2.75, 3.05) is 5.32 Å². The van der Waals surface area contributed by atoms with E-state index >= 15 is 0 Å². The molecule has 0 radical (unpaired) electrons. The Balaban J connectivity index is 2.45. The molecule has 0 atom stereocenters. The molecule has 108 valence electrons. The van der Waals surface area contributed by atoms with Crippen LogP contribution in [-0.4, -0.2) is 23.0 Å². The van der Waals surface area contributed by atoms with Gasteiger partial charge in [0.15, 0.2) is 0 Å². The van der Waals surface area contributed by atoms with Gasteiger partial charge in [0.2, 0.25) is 5.91 Å². The van der Waals surface area contributed by atoms with Crippen molar-refractivity contribution in [3.63, 3.8) is 0 Å². The highest BCUT2D eigenvalue weighted by Gasteiger charge is 2.11. The summed E-state index contributed by atoms with van der Waals surface area (Å²) in [6.45, 7) is 0. The van der Waals surface area contributed by atoms with Crippen LogP contribution in [0.25, 0.3) is 0 Å². The first-order chi connectivity index (χ1) is 9.40. The van der Waals surface area contributed by atoms with Crippen LogP contribution in [0.2, 0.25) is 10.0 Å². The second-order valence-corrected chi connectivity index (χ2v) is 4.64. The van der Waals surface area contributed by atoms with E-state index in [1.807, 2.05) is 0 Å². The molecule has 1 aromatic carbocycles. The molecule has 0 saturated heterocycles. The van der Waals surface area contributed by atoms with E-state index in [4.69, 9.17) is 28.3 Å². The summed E-state index contributed by atoms with van der Waals surface area (Å²) in [6.07, 6.45) is -0.0233. The van der Waals surface area contributed by atoms with Crippen molar-refractivity contribution >= 4 is 46.8 Å². The lowest BCUT2D eigenvalue weighted by Gasteiger charge is -2.08. The minimum atomic E-state index is -0.993. The predicted octanol–water partition coefficient (Wildman–Crippen LogP) is 2.90. The predicted molar refractivity (Wildman–Crippen MR) is 75.1 cm³/mol. The van der Waals surface area contributed by atoms with Gasteiger partial charge in [0.05, 0.1) is 15.7 Å². The van der Waals surface area contributed by atoms with Crippen molar-refractivity contribution in [1.82, 2.24) is 5.32 Å². The number of carboxylic acid groups (broad SMARTS) is 1. The van der Waals surface area contributed by atoms with E-state index in [1.165, 1.54) is 6.07 Å². The molecular weight excluding hydrogens is 307 g/mol. The second-order valence-electron chi connectivity index (χ2n) is 3.85. The van der Waals surface area contributed by atoms with Gasteiger partial charge in [0, 0.05) is 12.8 Å². The molecule has 0 bridgehead atoms. The third kappa shape index (κ3) is 5.46. The van der Waals surface area contributed by atoms with E-state index in [9.17, 15) is 14.4 Å². The summed E-state index contributed by atoms with van der Waals surface area (Å²) in [4.78, 5) is 33.2. The lowest BCUT2D eigenvalue weighted by molar-refractivity contribution is -0.137. The first-order valence-corrected chi connectivity index (χ1v) is 6.42. The number of benzene rings is 1. The molecule has 6 nitrogen and oxygen atoms in total. The number of carbonyl (C=O) groups excluding carboxylic acids is 2. The molecule has 0 saturated carbocycles. The average Bonchev–Trinajstić information content (AvgIpc) is 2.34. The highest BCUT2D eigenvalue weighted by molar-refractivity contribution is 6.44. The number of imide groups is 1. The van der Waals surface area contributed by atoms with Gasteiger partial charge in [-0.1, -0.05) is 29.3 Å². The number of hydrogen-bond acceptors (Lipinski definition) is 3. The van der Waals surface area contributed by atoms with Crippen LogP contribution in [0.1, 0.15) is 19.3 Å². The van der Waals surface area contributed by atoms with Crippen molar-refractivity contribution in [3.8, 4) is 0 Å². The van der Waals surface area contributed by atoms with E-state index in [2.05, 4.69) is 10.6 Å². The van der Waals surface area contributed by atoms with Crippen molar-refractivity contribution in [1.29, 1.82) is 0 Å². The fourth-order valence-corrected chi connectivity index (χ4v) is 1.69. The minimum Gasteiger partial charge on any atom is -0.481 e. The summed E-state index contributed by atoms with van der Waals surface area (Å²) in [5.74, 6) is -1.56. The lowest BCUT2D eigenvalue weighted by atomic mass is 10.2. The van der Waals surface area contributed by atoms with E-state index in [1.54, 1.807) is 12.1 Å². The molecule has 1 rings (SSSR count). The Morgan fingerprint density at radius 3 is 2.50 bits per heavy atom. The van der Waals surface area contributed by atoms with Crippen LogP contribution in [0.5, 0.6) is 0 Å². The zero-order valence-corrected chi connectivity index (χ0v) is 11.8. The third-order valence-corrected chi connectivity index (χ3v) is 3.07. The Labute approximate surface area is 125 Å². The fourth-order valence-electron chi connectivity index (χ4n) is 1.34. The Morgan fingerprint density at radius 2 is 1.85 bits per heavy atom. The van der Waals surface area contributed by atoms with E-state index < -0.39 is 17.9 Å². The molecular formula is C12H12Cl2N2O4. The van der Waals surface area contributed by atoms with Gasteiger partial charge >= 0.3 is 12.0 Å². The van der Waals surface area contributed by atoms with Gasteiger partial charge < -0.3 is 10.4 Å². The van der Waals surface area contributed by atoms with Crippen molar-refractivity contribution in [2.24, 2.45) is 0 Å². The largest absolute Gasteiger partial charge is 0.481 e. The maximum Gasteiger partial charge on any atom is 0.325 e. The van der Waals surface area contributed by atoms with Crippen LogP contribution in [0.4, 0.5) is 10.5 Å². The van der Waals surface area contributed by atoms with Gasteiger partial charge in [-0.3, -0.25) is 14.9 Å². The molecule has 20 heavy (non-hydrogen) atoms. The Bertz CT molecular complexity index is 534. The van der Waals surface area contributed by atoms with Gasteiger partial charge in [-0.15, -0.1) is 0 Å². The molecule has 3 N–H and O–H groups in total. The number of anilines is 1. The minimum absolute atomic E-state index is 0.0526. The van der Waals surface area contributed by atoms with Crippen LogP contribution in [0, 0.1) is 0 Å². The summed E-state index contributed by atoms with van der Waals surface area (Å²) in [7, 11) is 0. The number of amides is 3. The number of hydrogen-bond donors (Lipinski definition) is 3. The van der Waals surface area contributed by atoms with Gasteiger partial charge in [0.1, 0.15) is 0 Å². The molecule has 8 heteroatoms. The summed E-state index contributed by atoms with van der Waals surface area (Å²) in [5, 5.41) is 13.3. The molecule has 0 heterocycles. The smallest absolute Gasteiger partial charge is 0.325 e. The van der Waals surface area contributed by atoms with E-state index in [0.29, 0.717) is 0 Å². The van der Waals surface area contributed by atoms with Crippen molar-refractivity contribution in [3.05, 3.63) is 28.2 Å². The topological polar surface area (TPSA) is 95.5 Å². The maximum absolute atomic E-state index is 11.5. The number of nitrogens with one attached hydrogen (secondary N) is 2. The molecule has 0 aliphatic rings. The van der Waals surface area contributed by atoms with E-state index in [-0.39, 0.29) is 35.0 Å². The van der Waals surface area contributed by atoms with Gasteiger partial charge in [-0.25, -0.2) is 4.79 Å². The number of carboxylic acids is 1. The maximum atomic E-state index is 11.5. The highest BCUT2D eigenvalue weighted by Crippen LogP contribution is 2.29. The average molecular weight is 319 g/mol. The van der Waals surface area contributed by atoms with Crippen LogP contribution in [0.15, 0.2) is 18.2 Å². The van der Waals surface area contributed by atoms with Gasteiger partial charge in [-0.05, 0) is 18.6 Å². The first kappa shape index (κ1) is 16.3. The number of rotatable bonds is 5. The Kier molecular flexibility index (Phi) is 6.27. The zero-order chi connectivity index (χ0) is 15.1. The molecule has 0 spiro atoms. The number of aliphatic carboxylic acids is 1. The Morgan fingerprint density at radius 1 is 1.15 bits per heavy atom. The zero-order valence-electron chi connectivity index (χ0n) is 10.3. The number of halogens is 2. The first-order valence-electron chi connectivity index (χ1n) is 5.67. The fraction of sp³-hybridized carbons (Fsp3) is 0.250. The van der Waals surface area contributed by atoms with E-state index in [0.717, 1.165) is 0 Å². The monoisotopic (exact) mass is 318 g/mol. The molecule has 1 aromatic rings. The third-order valence-electron chi connectivity index (χ3n) is 2.25. The molecule has 0 aliphatic carbocycles. The SMILES string of the molecule is O=C(O)CCCC(=O)NC(=O)Nc1cccc(Cl)c1Cl. The van der Waals surface area contributed by atoms with Crippen molar-refractivity contribution in [2.45, 2.75) is 19.3 Å². The molecule has 0 aromatic heterocycles. The summed E-state index contributed by atoms with van der Waals surface area (Å²) >= 11 is 11.6. The Hall–Kier alpha value is -1.79. The molecule has 0 fully saturated rings. The standard InChI is InChI=1S/C12H12Cl2N2O4/c13-7-3-1-4-8(11(7)14)15-12(20)16-9(17)5-2-6-10(18)19/h1,3-4H,2,5-6H2,(H,18,19)(H2,15,16,17,20). The molecule has 3 amide bonds. The molecule has 0 unspecified atom stereocenters. The summed E-state index contributed by atoms with van der Waals surface area (Å²) in [5.41, 5.74) is 0.273. The normalized spacial score (nSPS) is 9.90. The highest BCUT2D eigenvalue weighted by atomic mass is 35.5.